The van der Waals surface area contributed by atoms with Crippen LogP contribution in [-0.2, 0) is 0 Å². The summed E-state index contributed by atoms with van der Waals surface area (Å²) in [5.41, 5.74) is 1.04. The first-order valence-corrected chi connectivity index (χ1v) is 7.61. The van der Waals surface area contributed by atoms with Crippen molar-refractivity contribution in [2.24, 2.45) is 5.10 Å². The Morgan fingerprint density at radius 2 is 2.05 bits per heavy atom. The molecule has 0 spiro atoms. The molecule has 1 heterocycles. The van der Waals surface area contributed by atoms with Crippen molar-refractivity contribution in [3.05, 3.63) is 40.4 Å². The average molecular weight is 292 g/mol. The second-order valence-electron chi connectivity index (χ2n) is 4.37. The Hall–Kier alpha value is -1.40. The van der Waals surface area contributed by atoms with Gasteiger partial charge >= 0.3 is 0 Å². The molecule has 0 saturated heterocycles. The van der Waals surface area contributed by atoms with Crippen LogP contribution in [0, 0.1) is 4.77 Å². The van der Waals surface area contributed by atoms with Crippen molar-refractivity contribution < 1.29 is 0 Å². The molecule has 0 fully saturated rings. The molecule has 1 N–H and O–H groups in total. The van der Waals surface area contributed by atoms with Crippen molar-refractivity contribution in [1.29, 1.82) is 0 Å². The third-order valence-corrected chi connectivity index (χ3v) is 3.64. The minimum atomic E-state index is 0.268. The summed E-state index contributed by atoms with van der Waals surface area (Å²) in [6.07, 6.45) is 3.85. The van der Waals surface area contributed by atoms with Crippen LogP contribution in [0.4, 0.5) is 0 Å². The number of benzene rings is 1. The Balaban J connectivity index is 2.27. The largest absolute Gasteiger partial charge is 0.250 e. The molecule has 2 rings (SSSR count). The lowest BCUT2D eigenvalue weighted by Gasteiger charge is -2.03. The Morgan fingerprint density at radius 1 is 1.37 bits per heavy atom. The second kappa shape index (κ2) is 6.16. The minimum Gasteiger partial charge on any atom is -0.250 e. The van der Waals surface area contributed by atoms with Crippen molar-refractivity contribution >= 4 is 30.2 Å². The standard InChI is InChI=1S/C13H16N4S2/c1-9(2)12-15-16-13(18)17(12)14-8-10-4-6-11(19-3)7-5-10/h4-9H,1-3H3,(H,16,18)/b14-8-. The zero-order valence-corrected chi connectivity index (χ0v) is 12.8. The summed E-state index contributed by atoms with van der Waals surface area (Å²) >= 11 is 6.90. The van der Waals surface area contributed by atoms with Gasteiger partial charge in [-0.15, -0.1) is 11.8 Å². The monoisotopic (exact) mass is 292 g/mol. The fraction of sp³-hybridized carbons (Fsp3) is 0.308. The normalized spacial score (nSPS) is 11.6. The highest BCUT2D eigenvalue weighted by Gasteiger charge is 2.08. The van der Waals surface area contributed by atoms with Gasteiger partial charge in [-0.25, -0.2) is 0 Å². The lowest BCUT2D eigenvalue weighted by Crippen LogP contribution is -2.00. The van der Waals surface area contributed by atoms with Gasteiger partial charge in [0, 0.05) is 10.8 Å². The van der Waals surface area contributed by atoms with E-state index in [1.807, 2.05) is 12.1 Å². The fourth-order valence-corrected chi connectivity index (χ4v) is 2.20. The zero-order chi connectivity index (χ0) is 13.8. The van der Waals surface area contributed by atoms with E-state index in [1.165, 1.54) is 4.90 Å². The van der Waals surface area contributed by atoms with E-state index in [0.717, 1.165) is 11.4 Å². The molecule has 0 aliphatic rings. The number of hydrogen-bond acceptors (Lipinski definition) is 4. The van der Waals surface area contributed by atoms with Crippen molar-refractivity contribution in [3.8, 4) is 0 Å². The number of nitrogens with zero attached hydrogens (tertiary/aromatic N) is 3. The molecule has 0 saturated carbocycles. The quantitative estimate of drug-likeness (QED) is 0.531. The van der Waals surface area contributed by atoms with Crippen molar-refractivity contribution in [2.75, 3.05) is 6.26 Å². The van der Waals surface area contributed by atoms with Crippen LogP contribution in [0.15, 0.2) is 34.3 Å². The molecule has 0 atom stereocenters. The summed E-state index contributed by atoms with van der Waals surface area (Å²) in [5, 5.41) is 11.4. The first kappa shape index (κ1) is 14.0. The third kappa shape index (κ3) is 3.33. The van der Waals surface area contributed by atoms with E-state index < -0.39 is 0 Å². The summed E-state index contributed by atoms with van der Waals surface area (Å²) in [5.74, 6) is 1.10. The average Bonchev–Trinajstić information content (AvgIpc) is 2.78. The van der Waals surface area contributed by atoms with Gasteiger partial charge in [0.15, 0.2) is 5.82 Å². The molecule has 100 valence electrons. The summed E-state index contributed by atoms with van der Waals surface area (Å²) in [4.78, 5) is 1.24. The highest BCUT2D eigenvalue weighted by Crippen LogP contribution is 2.14. The molecule has 0 aliphatic carbocycles. The van der Waals surface area contributed by atoms with Crippen molar-refractivity contribution in [1.82, 2.24) is 14.9 Å². The summed E-state index contributed by atoms with van der Waals surface area (Å²) in [6, 6.07) is 8.22. The van der Waals surface area contributed by atoms with Gasteiger partial charge in [0.1, 0.15) is 0 Å². The molecule has 1 aromatic heterocycles. The molecular weight excluding hydrogens is 276 g/mol. The molecule has 4 nitrogen and oxygen atoms in total. The van der Waals surface area contributed by atoms with E-state index in [2.05, 4.69) is 47.5 Å². The Bertz CT molecular complexity index is 623. The van der Waals surface area contributed by atoms with Gasteiger partial charge < -0.3 is 0 Å². The maximum atomic E-state index is 5.17. The topological polar surface area (TPSA) is 46.0 Å². The maximum absolute atomic E-state index is 5.17. The first-order chi connectivity index (χ1) is 9.11. The second-order valence-corrected chi connectivity index (χ2v) is 5.64. The molecule has 0 aliphatic heterocycles. The predicted molar refractivity (Wildman–Crippen MR) is 82.7 cm³/mol. The molecule has 0 radical (unpaired) electrons. The lowest BCUT2D eigenvalue weighted by atomic mass is 10.2. The highest BCUT2D eigenvalue weighted by atomic mass is 32.2. The van der Waals surface area contributed by atoms with E-state index in [1.54, 1.807) is 22.7 Å². The SMILES string of the molecule is CSc1ccc(/C=N\n2c(C(C)C)n[nH]c2=S)cc1. The number of hydrogen-bond donors (Lipinski definition) is 1. The van der Waals surface area contributed by atoms with E-state index in [9.17, 15) is 0 Å². The number of rotatable bonds is 4. The van der Waals surface area contributed by atoms with E-state index in [-0.39, 0.29) is 5.92 Å². The van der Waals surface area contributed by atoms with Crippen LogP contribution in [0.1, 0.15) is 31.2 Å². The Labute approximate surface area is 121 Å². The van der Waals surface area contributed by atoms with E-state index >= 15 is 0 Å². The molecule has 19 heavy (non-hydrogen) atoms. The van der Waals surface area contributed by atoms with E-state index in [0.29, 0.717) is 4.77 Å². The first-order valence-electron chi connectivity index (χ1n) is 5.97. The number of aromatic amines is 1. The highest BCUT2D eigenvalue weighted by molar-refractivity contribution is 7.98. The number of aromatic nitrogens is 3. The smallest absolute Gasteiger partial charge is 0.216 e. The summed E-state index contributed by atoms with van der Waals surface area (Å²) in [7, 11) is 0. The summed E-state index contributed by atoms with van der Waals surface area (Å²) < 4.78 is 2.18. The molecule has 0 bridgehead atoms. The van der Waals surface area contributed by atoms with Crippen LogP contribution < -0.4 is 0 Å². The van der Waals surface area contributed by atoms with Crippen LogP contribution in [0.2, 0.25) is 0 Å². The van der Waals surface area contributed by atoms with Crippen LogP contribution in [0.5, 0.6) is 0 Å². The maximum Gasteiger partial charge on any atom is 0.216 e. The van der Waals surface area contributed by atoms with Crippen LogP contribution in [0.3, 0.4) is 0 Å². The molecule has 0 unspecified atom stereocenters. The molecule has 2 aromatic rings. The van der Waals surface area contributed by atoms with Gasteiger partial charge in [0.2, 0.25) is 4.77 Å². The van der Waals surface area contributed by atoms with Crippen molar-refractivity contribution in [2.45, 2.75) is 24.7 Å². The van der Waals surface area contributed by atoms with Crippen LogP contribution in [0.25, 0.3) is 0 Å². The van der Waals surface area contributed by atoms with Gasteiger partial charge in [0.25, 0.3) is 0 Å². The van der Waals surface area contributed by atoms with Gasteiger partial charge in [-0.05, 0) is 36.2 Å². The van der Waals surface area contributed by atoms with Gasteiger partial charge in [-0.3, -0.25) is 5.10 Å². The number of nitrogens with one attached hydrogen (secondary N) is 1. The molecule has 6 heteroatoms. The number of H-pyrrole nitrogens is 1. The minimum absolute atomic E-state index is 0.268. The Morgan fingerprint density at radius 3 is 2.63 bits per heavy atom. The fourth-order valence-electron chi connectivity index (χ4n) is 1.60. The summed E-state index contributed by atoms with van der Waals surface area (Å²) in [6.45, 7) is 4.12. The van der Waals surface area contributed by atoms with E-state index in [4.69, 9.17) is 12.2 Å². The van der Waals surface area contributed by atoms with Crippen LogP contribution >= 0.6 is 24.0 Å². The third-order valence-electron chi connectivity index (χ3n) is 2.63. The Kier molecular flexibility index (Phi) is 4.55. The molecular formula is C13H16N4S2. The predicted octanol–water partition coefficient (Wildman–Crippen LogP) is 3.67. The van der Waals surface area contributed by atoms with Crippen LogP contribution in [-0.4, -0.2) is 27.3 Å². The van der Waals surface area contributed by atoms with Gasteiger partial charge in [-0.2, -0.15) is 14.9 Å². The lowest BCUT2D eigenvalue weighted by molar-refractivity contribution is 0.695. The van der Waals surface area contributed by atoms with Crippen molar-refractivity contribution in [3.63, 3.8) is 0 Å². The zero-order valence-electron chi connectivity index (χ0n) is 11.1. The molecule has 1 aromatic carbocycles. The van der Waals surface area contributed by atoms with Gasteiger partial charge in [0.05, 0.1) is 6.21 Å². The van der Waals surface area contributed by atoms with Gasteiger partial charge in [-0.1, -0.05) is 26.0 Å². The number of thioether (sulfide) groups is 1. The molecule has 0 amide bonds.